The van der Waals surface area contributed by atoms with Crippen LogP contribution in [-0.4, -0.2) is 15.7 Å². The first kappa shape index (κ1) is 12.4. The largest absolute Gasteiger partial charge is 0.344 e. The van der Waals surface area contributed by atoms with Gasteiger partial charge in [0, 0.05) is 13.2 Å². The van der Waals surface area contributed by atoms with E-state index in [1.165, 1.54) is 0 Å². The molecule has 2 rings (SSSR count). The molecule has 0 saturated carbocycles. The van der Waals surface area contributed by atoms with Gasteiger partial charge in [-0.05, 0) is 18.1 Å². The molecule has 0 radical (unpaired) electrons. The van der Waals surface area contributed by atoms with Crippen molar-refractivity contribution in [1.82, 2.24) is 15.1 Å². The van der Waals surface area contributed by atoms with Crippen molar-refractivity contribution in [3.05, 3.63) is 53.9 Å². The van der Waals surface area contributed by atoms with Crippen molar-refractivity contribution in [3.63, 3.8) is 0 Å². The third-order valence-electron chi connectivity index (χ3n) is 2.86. The fraction of sp³-hybridized carbons (Fsp3) is 0.286. The number of nitrogens with one attached hydrogen (secondary N) is 1. The van der Waals surface area contributed by atoms with Gasteiger partial charge in [-0.15, -0.1) is 0 Å². The summed E-state index contributed by atoms with van der Waals surface area (Å²) in [7, 11) is 1.80. The molecule has 0 fully saturated rings. The summed E-state index contributed by atoms with van der Waals surface area (Å²) in [5, 5.41) is 7.09. The maximum atomic E-state index is 12.0. The predicted molar refractivity (Wildman–Crippen MR) is 70.1 cm³/mol. The van der Waals surface area contributed by atoms with Crippen molar-refractivity contribution >= 4 is 5.91 Å². The van der Waals surface area contributed by atoms with Gasteiger partial charge in [0.25, 0.3) is 5.91 Å². The van der Waals surface area contributed by atoms with Gasteiger partial charge in [-0.25, -0.2) is 0 Å². The highest BCUT2D eigenvalue weighted by atomic mass is 16.2. The SMILES string of the molecule is CCC(NC(=O)c1ccn(C)n1)c1ccccc1. The highest BCUT2D eigenvalue weighted by Gasteiger charge is 2.15. The lowest BCUT2D eigenvalue weighted by Crippen LogP contribution is -2.28. The molecule has 0 saturated heterocycles. The molecular formula is C14H17N3O. The van der Waals surface area contributed by atoms with E-state index in [1.54, 1.807) is 24.0 Å². The minimum atomic E-state index is -0.133. The molecule has 1 unspecified atom stereocenters. The van der Waals surface area contributed by atoms with E-state index >= 15 is 0 Å². The topological polar surface area (TPSA) is 46.9 Å². The molecule has 1 N–H and O–H groups in total. The summed E-state index contributed by atoms with van der Waals surface area (Å²) < 4.78 is 1.62. The second kappa shape index (κ2) is 5.49. The molecular weight excluding hydrogens is 226 g/mol. The van der Waals surface area contributed by atoms with Crippen molar-refractivity contribution in [2.75, 3.05) is 0 Å². The average Bonchev–Trinajstić information content (AvgIpc) is 2.83. The molecule has 0 aliphatic carbocycles. The van der Waals surface area contributed by atoms with Crippen LogP contribution in [0.1, 0.15) is 35.4 Å². The zero-order valence-corrected chi connectivity index (χ0v) is 10.6. The Morgan fingerprint density at radius 3 is 2.61 bits per heavy atom. The first-order chi connectivity index (χ1) is 8.70. The Morgan fingerprint density at radius 2 is 2.06 bits per heavy atom. The second-order valence-corrected chi connectivity index (χ2v) is 4.22. The Kier molecular flexibility index (Phi) is 3.77. The van der Waals surface area contributed by atoms with Gasteiger partial charge < -0.3 is 5.32 Å². The minimum Gasteiger partial charge on any atom is -0.344 e. The van der Waals surface area contributed by atoms with E-state index in [0.717, 1.165) is 12.0 Å². The molecule has 1 heterocycles. The molecule has 4 heteroatoms. The van der Waals surface area contributed by atoms with Crippen molar-refractivity contribution in [2.24, 2.45) is 7.05 Å². The van der Waals surface area contributed by atoms with Gasteiger partial charge >= 0.3 is 0 Å². The molecule has 1 amide bonds. The quantitative estimate of drug-likeness (QED) is 0.895. The van der Waals surface area contributed by atoms with E-state index in [2.05, 4.69) is 17.3 Å². The number of aromatic nitrogens is 2. The zero-order chi connectivity index (χ0) is 13.0. The summed E-state index contributed by atoms with van der Waals surface area (Å²) in [6, 6.07) is 11.7. The number of carbonyl (C=O) groups is 1. The van der Waals surface area contributed by atoms with Crippen LogP contribution in [0.5, 0.6) is 0 Å². The van der Waals surface area contributed by atoms with Gasteiger partial charge in [0.15, 0.2) is 0 Å². The molecule has 18 heavy (non-hydrogen) atoms. The van der Waals surface area contributed by atoms with Crippen LogP contribution in [0.15, 0.2) is 42.6 Å². The van der Waals surface area contributed by atoms with E-state index in [-0.39, 0.29) is 11.9 Å². The standard InChI is InChI=1S/C14H17N3O/c1-3-12(11-7-5-4-6-8-11)15-14(18)13-9-10-17(2)16-13/h4-10,12H,3H2,1-2H3,(H,15,18). The van der Waals surface area contributed by atoms with Crippen LogP contribution in [0.4, 0.5) is 0 Å². The number of rotatable bonds is 4. The summed E-state index contributed by atoms with van der Waals surface area (Å²) in [5.74, 6) is -0.133. The number of amides is 1. The minimum absolute atomic E-state index is 0.0284. The van der Waals surface area contributed by atoms with Crippen LogP contribution in [-0.2, 0) is 7.05 Å². The van der Waals surface area contributed by atoms with Gasteiger partial charge in [0.05, 0.1) is 6.04 Å². The van der Waals surface area contributed by atoms with E-state index in [4.69, 9.17) is 0 Å². The summed E-state index contributed by atoms with van der Waals surface area (Å²) >= 11 is 0. The first-order valence-corrected chi connectivity index (χ1v) is 6.06. The van der Waals surface area contributed by atoms with Crippen molar-refractivity contribution < 1.29 is 4.79 Å². The average molecular weight is 243 g/mol. The summed E-state index contributed by atoms with van der Waals surface area (Å²) in [4.78, 5) is 12.0. The number of nitrogens with zero attached hydrogens (tertiary/aromatic N) is 2. The van der Waals surface area contributed by atoms with E-state index in [9.17, 15) is 4.79 Å². The molecule has 0 bridgehead atoms. The first-order valence-electron chi connectivity index (χ1n) is 6.06. The summed E-state index contributed by atoms with van der Waals surface area (Å²) in [5.41, 5.74) is 1.57. The number of hydrogen-bond acceptors (Lipinski definition) is 2. The number of aryl methyl sites for hydroxylation is 1. The predicted octanol–water partition coefficient (Wildman–Crippen LogP) is 2.30. The second-order valence-electron chi connectivity index (χ2n) is 4.22. The summed E-state index contributed by atoms with van der Waals surface area (Å²) in [6.07, 6.45) is 2.61. The Bertz CT molecular complexity index is 519. The fourth-order valence-electron chi connectivity index (χ4n) is 1.87. The molecule has 0 aliphatic rings. The van der Waals surface area contributed by atoms with E-state index < -0.39 is 0 Å². The maximum Gasteiger partial charge on any atom is 0.272 e. The van der Waals surface area contributed by atoms with Crippen LogP contribution in [0, 0.1) is 0 Å². The van der Waals surface area contributed by atoms with Crippen molar-refractivity contribution in [3.8, 4) is 0 Å². The van der Waals surface area contributed by atoms with Gasteiger partial charge in [0.2, 0.25) is 0 Å². The Labute approximate surface area is 107 Å². The van der Waals surface area contributed by atoms with Gasteiger partial charge in [0.1, 0.15) is 5.69 Å². The highest BCUT2D eigenvalue weighted by Crippen LogP contribution is 2.16. The third kappa shape index (κ3) is 2.77. The van der Waals surface area contributed by atoms with Crippen LogP contribution in [0.2, 0.25) is 0 Å². The molecule has 94 valence electrons. The number of benzene rings is 1. The molecule has 2 aromatic rings. The molecule has 1 atom stereocenters. The maximum absolute atomic E-state index is 12.0. The zero-order valence-electron chi connectivity index (χ0n) is 10.6. The molecule has 1 aromatic heterocycles. The van der Waals surface area contributed by atoms with Crippen LogP contribution >= 0.6 is 0 Å². The lowest BCUT2D eigenvalue weighted by atomic mass is 10.0. The monoisotopic (exact) mass is 243 g/mol. The van der Waals surface area contributed by atoms with Crippen molar-refractivity contribution in [1.29, 1.82) is 0 Å². The lowest BCUT2D eigenvalue weighted by molar-refractivity contribution is 0.0930. The van der Waals surface area contributed by atoms with Gasteiger partial charge in [-0.1, -0.05) is 37.3 Å². The molecule has 0 aliphatic heterocycles. The van der Waals surface area contributed by atoms with Crippen LogP contribution in [0.25, 0.3) is 0 Å². The van der Waals surface area contributed by atoms with E-state index in [0.29, 0.717) is 5.69 Å². The number of hydrogen-bond donors (Lipinski definition) is 1. The molecule has 4 nitrogen and oxygen atoms in total. The fourth-order valence-corrected chi connectivity index (χ4v) is 1.87. The Morgan fingerprint density at radius 1 is 1.33 bits per heavy atom. The molecule has 0 spiro atoms. The van der Waals surface area contributed by atoms with Crippen molar-refractivity contribution in [2.45, 2.75) is 19.4 Å². The van der Waals surface area contributed by atoms with Crippen LogP contribution < -0.4 is 5.32 Å². The van der Waals surface area contributed by atoms with E-state index in [1.807, 2.05) is 30.3 Å². The highest BCUT2D eigenvalue weighted by molar-refractivity contribution is 5.92. The summed E-state index contributed by atoms with van der Waals surface area (Å²) in [6.45, 7) is 2.05. The Hall–Kier alpha value is -2.10. The Balaban J connectivity index is 2.10. The third-order valence-corrected chi connectivity index (χ3v) is 2.86. The number of carbonyl (C=O) groups excluding carboxylic acids is 1. The van der Waals surface area contributed by atoms with Gasteiger partial charge in [-0.3, -0.25) is 9.48 Å². The smallest absolute Gasteiger partial charge is 0.272 e. The normalized spacial score (nSPS) is 12.1. The van der Waals surface area contributed by atoms with Gasteiger partial charge in [-0.2, -0.15) is 5.10 Å². The molecule has 1 aromatic carbocycles. The lowest BCUT2D eigenvalue weighted by Gasteiger charge is -2.16. The van der Waals surface area contributed by atoms with Crippen LogP contribution in [0.3, 0.4) is 0 Å².